The van der Waals surface area contributed by atoms with Crippen LogP contribution in [0.5, 0.6) is 0 Å². The van der Waals surface area contributed by atoms with Crippen molar-refractivity contribution in [3.8, 4) is 11.5 Å². The minimum Gasteiger partial charge on any atom is -0.463 e. The van der Waals surface area contributed by atoms with E-state index in [2.05, 4.69) is 10.00 Å². The van der Waals surface area contributed by atoms with Crippen LogP contribution in [-0.4, -0.2) is 62.7 Å². The maximum absolute atomic E-state index is 13.5. The van der Waals surface area contributed by atoms with Gasteiger partial charge in [-0.25, -0.2) is 4.98 Å². The number of piperazine rings is 1. The summed E-state index contributed by atoms with van der Waals surface area (Å²) in [6.07, 6.45) is 4.03. The van der Waals surface area contributed by atoms with Gasteiger partial charge in [0.05, 0.1) is 22.9 Å². The molecule has 2 aliphatic heterocycles. The summed E-state index contributed by atoms with van der Waals surface area (Å²) in [6.45, 7) is 5.63. The number of aryl methyl sites for hydroxylation is 2. The van der Waals surface area contributed by atoms with Crippen LogP contribution in [0.25, 0.3) is 22.5 Å². The second-order valence-electron chi connectivity index (χ2n) is 7.52. The smallest absolute Gasteiger partial charge is 0.254 e. The molecule has 2 saturated heterocycles. The van der Waals surface area contributed by atoms with Crippen LogP contribution in [0.15, 0.2) is 28.9 Å². The van der Waals surface area contributed by atoms with Gasteiger partial charge in [-0.3, -0.25) is 14.4 Å². The monoisotopic (exact) mass is 365 g/mol. The van der Waals surface area contributed by atoms with Crippen molar-refractivity contribution >= 4 is 16.9 Å². The van der Waals surface area contributed by atoms with Crippen LogP contribution >= 0.6 is 0 Å². The third-order valence-electron chi connectivity index (χ3n) is 5.85. The van der Waals surface area contributed by atoms with Crippen LogP contribution in [0.4, 0.5) is 0 Å². The second-order valence-corrected chi connectivity index (χ2v) is 7.52. The van der Waals surface area contributed by atoms with Crippen LogP contribution in [0, 0.1) is 6.92 Å². The molecule has 1 atom stereocenters. The number of carbonyl (C=O) groups excluding carboxylic acids is 1. The van der Waals surface area contributed by atoms with Gasteiger partial charge in [0.2, 0.25) is 0 Å². The molecule has 5 heterocycles. The number of rotatable bonds is 2. The van der Waals surface area contributed by atoms with E-state index < -0.39 is 0 Å². The number of amides is 1. The molecule has 0 bridgehead atoms. The number of hydrogen-bond acceptors (Lipinski definition) is 5. The highest BCUT2D eigenvalue weighted by Crippen LogP contribution is 2.29. The maximum atomic E-state index is 13.5. The number of nitrogens with zero attached hydrogens (tertiary/aromatic N) is 5. The van der Waals surface area contributed by atoms with Gasteiger partial charge in [0.1, 0.15) is 5.69 Å². The minimum absolute atomic E-state index is 0.0675. The molecule has 0 radical (unpaired) electrons. The Labute approximate surface area is 157 Å². The van der Waals surface area contributed by atoms with Gasteiger partial charge in [-0.05, 0) is 44.5 Å². The molecule has 140 valence electrons. The zero-order valence-electron chi connectivity index (χ0n) is 15.7. The quantitative estimate of drug-likeness (QED) is 0.698. The van der Waals surface area contributed by atoms with Gasteiger partial charge in [0.25, 0.3) is 5.91 Å². The third kappa shape index (κ3) is 2.65. The number of pyridine rings is 1. The summed E-state index contributed by atoms with van der Waals surface area (Å²) >= 11 is 0. The molecule has 2 aliphatic rings. The maximum Gasteiger partial charge on any atom is 0.254 e. The summed E-state index contributed by atoms with van der Waals surface area (Å²) < 4.78 is 7.27. The first-order chi connectivity index (χ1) is 13.1. The van der Waals surface area contributed by atoms with Gasteiger partial charge in [-0.2, -0.15) is 5.10 Å². The van der Waals surface area contributed by atoms with Crippen molar-refractivity contribution in [2.45, 2.75) is 25.8 Å². The van der Waals surface area contributed by atoms with Crippen molar-refractivity contribution in [3.05, 3.63) is 35.7 Å². The van der Waals surface area contributed by atoms with E-state index in [1.807, 2.05) is 37.1 Å². The van der Waals surface area contributed by atoms with Gasteiger partial charge in [0, 0.05) is 32.7 Å². The highest BCUT2D eigenvalue weighted by molar-refractivity contribution is 6.07. The van der Waals surface area contributed by atoms with Crippen molar-refractivity contribution in [2.24, 2.45) is 7.05 Å². The summed E-state index contributed by atoms with van der Waals surface area (Å²) in [5, 5.41) is 5.34. The summed E-state index contributed by atoms with van der Waals surface area (Å²) in [7, 11) is 1.86. The molecule has 0 aromatic carbocycles. The molecule has 2 fully saturated rings. The Morgan fingerprint density at radius 1 is 1.30 bits per heavy atom. The zero-order valence-corrected chi connectivity index (χ0v) is 15.7. The Balaban J connectivity index is 1.59. The Kier molecular flexibility index (Phi) is 3.79. The van der Waals surface area contributed by atoms with E-state index in [1.54, 1.807) is 10.9 Å². The van der Waals surface area contributed by atoms with Crippen molar-refractivity contribution < 1.29 is 9.21 Å². The van der Waals surface area contributed by atoms with Gasteiger partial charge < -0.3 is 9.32 Å². The highest BCUT2D eigenvalue weighted by atomic mass is 16.3. The largest absolute Gasteiger partial charge is 0.463 e. The van der Waals surface area contributed by atoms with Gasteiger partial charge in [-0.1, -0.05) is 0 Å². The Morgan fingerprint density at radius 2 is 2.19 bits per heavy atom. The molecular weight excluding hydrogens is 342 g/mol. The second kappa shape index (κ2) is 6.20. The van der Waals surface area contributed by atoms with E-state index in [1.165, 1.54) is 12.8 Å². The lowest BCUT2D eigenvalue weighted by Crippen LogP contribution is -2.52. The lowest BCUT2D eigenvalue weighted by Gasteiger charge is -2.37. The fourth-order valence-corrected chi connectivity index (χ4v) is 4.51. The summed E-state index contributed by atoms with van der Waals surface area (Å²) in [5.74, 6) is 0.725. The van der Waals surface area contributed by atoms with Gasteiger partial charge in [-0.15, -0.1) is 0 Å². The van der Waals surface area contributed by atoms with Crippen molar-refractivity contribution in [2.75, 3.05) is 26.2 Å². The van der Waals surface area contributed by atoms with E-state index >= 15 is 0 Å². The third-order valence-corrected chi connectivity index (χ3v) is 5.85. The average Bonchev–Trinajstić information content (AvgIpc) is 3.41. The highest BCUT2D eigenvalue weighted by Gasteiger charge is 2.34. The number of hydrogen-bond donors (Lipinski definition) is 0. The Bertz CT molecular complexity index is 1010. The molecule has 27 heavy (non-hydrogen) atoms. The number of furan rings is 1. The van der Waals surface area contributed by atoms with Crippen LogP contribution in [0.3, 0.4) is 0 Å². The van der Waals surface area contributed by atoms with Crippen molar-refractivity contribution in [1.82, 2.24) is 24.6 Å². The van der Waals surface area contributed by atoms with Gasteiger partial charge >= 0.3 is 0 Å². The molecule has 0 unspecified atom stereocenters. The molecule has 0 spiro atoms. The summed E-state index contributed by atoms with van der Waals surface area (Å²) in [5.41, 5.74) is 2.87. The Hall–Kier alpha value is -2.67. The predicted octanol–water partition coefficient (Wildman–Crippen LogP) is 2.46. The predicted molar refractivity (Wildman–Crippen MR) is 101 cm³/mol. The summed E-state index contributed by atoms with van der Waals surface area (Å²) in [4.78, 5) is 22.7. The molecule has 5 rings (SSSR count). The molecule has 1 amide bonds. The fraction of sp³-hybridized carbons (Fsp3) is 0.450. The zero-order chi connectivity index (χ0) is 18.5. The molecule has 3 aromatic heterocycles. The van der Waals surface area contributed by atoms with Crippen molar-refractivity contribution in [3.63, 3.8) is 0 Å². The molecular formula is C20H23N5O2. The lowest BCUT2D eigenvalue weighted by molar-refractivity contribution is 0.0573. The first kappa shape index (κ1) is 16.5. The van der Waals surface area contributed by atoms with E-state index in [-0.39, 0.29) is 5.91 Å². The first-order valence-corrected chi connectivity index (χ1v) is 9.53. The molecule has 7 heteroatoms. The molecule has 7 nitrogen and oxygen atoms in total. The van der Waals surface area contributed by atoms with Crippen molar-refractivity contribution in [1.29, 1.82) is 0 Å². The number of carbonyl (C=O) groups is 1. The first-order valence-electron chi connectivity index (χ1n) is 9.53. The Morgan fingerprint density at radius 3 is 3.00 bits per heavy atom. The SMILES string of the molecule is Cc1nn(C)c2nc(-c3ccco3)cc(C(=O)N3CCN4CCC[C@H]4C3)c12. The average molecular weight is 365 g/mol. The fourth-order valence-electron chi connectivity index (χ4n) is 4.51. The standard InChI is InChI=1S/C20H23N5O2/c1-13-18-15(20(26)25-9-8-24-7-3-5-14(24)12-25)11-16(17-6-4-10-27-17)21-19(18)23(2)22-13/h4,6,10-11,14H,3,5,7-9,12H2,1-2H3/t14-/m0/s1. The van der Waals surface area contributed by atoms with E-state index in [4.69, 9.17) is 9.40 Å². The van der Waals surface area contributed by atoms with Gasteiger partial charge in [0.15, 0.2) is 11.4 Å². The van der Waals surface area contributed by atoms with Crippen LogP contribution < -0.4 is 0 Å². The van der Waals surface area contributed by atoms with Crippen LogP contribution in [0.1, 0.15) is 28.9 Å². The van der Waals surface area contributed by atoms with E-state index in [0.717, 1.165) is 37.3 Å². The lowest BCUT2D eigenvalue weighted by atomic mass is 10.1. The van der Waals surface area contributed by atoms with Crippen LogP contribution in [0.2, 0.25) is 0 Å². The van der Waals surface area contributed by atoms with E-state index in [0.29, 0.717) is 28.7 Å². The van der Waals surface area contributed by atoms with E-state index in [9.17, 15) is 4.79 Å². The molecule has 0 N–H and O–H groups in total. The molecule has 0 saturated carbocycles. The molecule has 3 aromatic rings. The van der Waals surface area contributed by atoms with Crippen LogP contribution in [-0.2, 0) is 7.05 Å². The number of fused-ring (bicyclic) bond motifs is 2. The number of aromatic nitrogens is 3. The minimum atomic E-state index is 0.0675. The summed E-state index contributed by atoms with van der Waals surface area (Å²) in [6, 6.07) is 6.05. The molecule has 0 aliphatic carbocycles. The normalized spacial score (nSPS) is 20.4. The topological polar surface area (TPSA) is 67.4 Å².